The molecule has 0 amide bonds. The van der Waals surface area contributed by atoms with E-state index in [1.54, 1.807) is 0 Å². The van der Waals surface area contributed by atoms with Crippen molar-refractivity contribution >= 4 is 0 Å². The number of hydrogen-bond acceptors (Lipinski definition) is 5. The second-order valence-electron chi connectivity index (χ2n) is 6.10. The molecule has 0 spiro atoms. The molecule has 0 N–H and O–H groups in total. The Hall–Kier alpha value is -1.77. The predicted molar refractivity (Wildman–Crippen MR) is 81.9 cm³/mol. The lowest BCUT2D eigenvalue weighted by Crippen LogP contribution is -2.48. The number of nitrogens with zero attached hydrogens (tertiary/aromatic N) is 2. The molecule has 1 aromatic rings. The maximum atomic E-state index is 9.80. The molecular weight excluding hydrogens is 280 g/mol. The summed E-state index contributed by atoms with van der Waals surface area (Å²) >= 11 is 0. The van der Waals surface area contributed by atoms with E-state index in [4.69, 9.17) is 14.2 Å². The molecule has 0 bridgehead atoms. The van der Waals surface area contributed by atoms with Gasteiger partial charge in [-0.15, -0.1) is 0 Å². The van der Waals surface area contributed by atoms with Crippen LogP contribution in [-0.4, -0.2) is 44.0 Å². The monoisotopic (exact) mass is 302 g/mol. The molecule has 5 heteroatoms. The van der Waals surface area contributed by atoms with Crippen LogP contribution in [0.1, 0.15) is 25.3 Å². The van der Waals surface area contributed by atoms with Crippen LogP contribution in [-0.2, 0) is 4.74 Å². The fourth-order valence-electron chi connectivity index (χ4n) is 3.35. The first kappa shape index (κ1) is 15.1. The van der Waals surface area contributed by atoms with Gasteiger partial charge in [0, 0.05) is 19.1 Å². The molecule has 22 heavy (non-hydrogen) atoms. The van der Waals surface area contributed by atoms with Gasteiger partial charge in [-0.05, 0) is 23.6 Å². The van der Waals surface area contributed by atoms with E-state index in [0.717, 1.165) is 43.4 Å². The molecule has 2 atom stereocenters. The van der Waals surface area contributed by atoms with Gasteiger partial charge in [-0.2, -0.15) is 5.26 Å². The van der Waals surface area contributed by atoms with Crippen LogP contribution in [0.3, 0.4) is 0 Å². The lowest BCUT2D eigenvalue weighted by Gasteiger charge is -2.39. The van der Waals surface area contributed by atoms with Crippen molar-refractivity contribution < 1.29 is 14.2 Å². The molecule has 1 saturated heterocycles. The smallest absolute Gasteiger partial charge is 0.231 e. The largest absolute Gasteiger partial charge is 0.454 e. The lowest BCUT2D eigenvalue weighted by atomic mass is 9.84. The summed E-state index contributed by atoms with van der Waals surface area (Å²) in [6.07, 6.45) is 0. The molecule has 2 aliphatic rings. The number of fused-ring (bicyclic) bond motifs is 1. The predicted octanol–water partition coefficient (Wildman–Crippen LogP) is 2.38. The third-order valence-corrected chi connectivity index (χ3v) is 4.39. The van der Waals surface area contributed by atoms with E-state index in [1.807, 2.05) is 18.2 Å². The van der Waals surface area contributed by atoms with Crippen LogP contribution < -0.4 is 9.47 Å². The number of rotatable bonds is 4. The van der Waals surface area contributed by atoms with Gasteiger partial charge in [0.1, 0.15) is 0 Å². The number of benzene rings is 1. The van der Waals surface area contributed by atoms with Crippen LogP contribution in [0.2, 0.25) is 0 Å². The Bertz CT molecular complexity index is 562. The molecule has 0 aliphatic carbocycles. The fourth-order valence-corrected chi connectivity index (χ4v) is 3.35. The molecule has 0 radical (unpaired) electrons. The summed E-state index contributed by atoms with van der Waals surface area (Å²) in [6, 6.07) is 8.52. The molecule has 1 fully saturated rings. The van der Waals surface area contributed by atoms with Crippen LogP contribution in [0, 0.1) is 17.2 Å². The highest BCUT2D eigenvalue weighted by Gasteiger charge is 2.33. The Morgan fingerprint density at radius 3 is 2.55 bits per heavy atom. The van der Waals surface area contributed by atoms with E-state index in [1.165, 1.54) is 0 Å². The Kier molecular flexibility index (Phi) is 4.51. The topological polar surface area (TPSA) is 54.7 Å². The van der Waals surface area contributed by atoms with Crippen molar-refractivity contribution in [1.82, 2.24) is 4.90 Å². The van der Waals surface area contributed by atoms with E-state index < -0.39 is 0 Å². The van der Waals surface area contributed by atoms with Gasteiger partial charge < -0.3 is 14.2 Å². The molecular formula is C17H22N2O3. The van der Waals surface area contributed by atoms with Crippen LogP contribution in [0.15, 0.2) is 18.2 Å². The van der Waals surface area contributed by atoms with Crippen molar-refractivity contribution in [3.05, 3.63) is 23.8 Å². The molecule has 0 aromatic heterocycles. The Labute approximate surface area is 131 Å². The standard InChI is InChI=1S/C17H22N2O3/c1-12(2)17(19-5-7-20-8-6-19)14(10-18)13-3-4-15-16(9-13)22-11-21-15/h3-4,9,12,14,17H,5-8,11H2,1-2H3/t14-,17+/m0/s1. The van der Waals surface area contributed by atoms with Gasteiger partial charge in [0.05, 0.1) is 25.2 Å². The molecule has 5 nitrogen and oxygen atoms in total. The molecule has 1 aromatic carbocycles. The summed E-state index contributed by atoms with van der Waals surface area (Å²) in [5.74, 6) is 1.69. The lowest BCUT2D eigenvalue weighted by molar-refractivity contribution is 0.00326. The summed E-state index contributed by atoms with van der Waals surface area (Å²) in [4.78, 5) is 2.38. The molecule has 3 rings (SSSR count). The Balaban J connectivity index is 1.88. The van der Waals surface area contributed by atoms with E-state index >= 15 is 0 Å². The average molecular weight is 302 g/mol. The van der Waals surface area contributed by atoms with Crippen LogP contribution in [0.25, 0.3) is 0 Å². The quantitative estimate of drug-likeness (QED) is 0.854. The number of ether oxygens (including phenoxy) is 3. The van der Waals surface area contributed by atoms with Crippen molar-refractivity contribution in [2.75, 3.05) is 33.1 Å². The minimum atomic E-state index is -0.187. The van der Waals surface area contributed by atoms with Crippen molar-refractivity contribution in [2.45, 2.75) is 25.8 Å². The summed E-state index contributed by atoms with van der Waals surface area (Å²) in [7, 11) is 0. The normalized spacial score (nSPS) is 20.6. The highest BCUT2D eigenvalue weighted by atomic mass is 16.7. The zero-order chi connectivity index (χ0) is 15.5. The van der Waals surface area contributed by atoms with Gasteiger partial charge in [0.25, 0.3) is 0 Å². The van der Waals surface area contributed by atoms with Gasteiger partial charge in [0.15, 0.2) is 11.5 Å². The van der Waals surface area contributed by atoms with Gasteiger partial charge >= 0.3 is 0 Å². The van der Waals surface area contributed by atoms with Gasteiger partial charge in [0.2, 0.25) is 6.79 Å². The summed E-state index contributed by atoms with van der Waals surface area (Å²) < 4.78 is 16.3. The highest BCUT2D eigenvalue weighted by molar-refractivity contribution is 5.46. The highest BCUT2D eigenvalue weighted by Crippen LogP contribution is 2.37. The molecule has 0 saturated carbocycles. The maximum Gasteiger partial charge on any atom is 0.231 e. The van der Waals surface area contributed by atoms with E-state index in [2.05, 4.69) is 24.8 Å². The number of hydrogen-bond donors (Lipinski definition) is 0. The third kappa shape index (κ3) is 2.90. The summed E-state index contributed by atoms with van der Waals surface area (Å²) in [5.41, 5.74) is 0.997. The molecule has 2 aliphatic heterocycles. The van der Waals surface area contributed by atoms with Crippen molar-refractivity contribution in [2.24, 2.45) is 5.92 Å². The fraction of sp³-hybridized carbons (Fsp3) is 0.588. The summed E-state index contributed by atoms with van der Waals surface area (Å²) in [5, 5.41) is 9.80. The minimum absolute atomic E-state index is 0.175. The molecule has 2 heterocycles. The number of nitriles is 1. The molecule has 0 unspecified atom stereocenters. The number of morpholine rings is 1. The zero-order valence-corrected chi connectivity index (χ0v) is 13.1. The van der Waals surface area contributed by atoms with E-state index in [9.17, 15) is 5.26 Å². The van der Waals surface area contributed by atoms with Gasteiger partial charge in [-0.25, -0.2) is 0 Å². The first-order valence-corrected chi connectivity index (χ1v) is 7.81. The van der Waals surface area contributed by atoms with Crippen LogP contribution >= 0.6 is 0 Å². The zero-order valence-electron chi connectivity index (χ0n) is 13.1. The molecule has 118 valence electrons. The van der Waals surface area contributed by atoms with E-state index in [0.29, 0.717) is 5.92 Å². The third-order valence-electron chi connectivity index (χ3n) is 4.39. The van der Waals surface area contributed by atoms with Crippen molar-refractivity contribution in [3.63, 3.8) is 0 Å². The van der Waals surface area contributed by atoms with Crippen LogP contribution in [0.4, 0.5) is 0 Å². The van der Waals surface area contributed by atoms with E-state index in [-0.39, 0.29) is 18.8 Å². The Morgan fingerprint density at radius 1 is 1.14 bits per heavy atom. The Morgan fingerprint density at radius 2 is 1.86 bits per heavy atom. The first-order valence-electron chi connectivity index (χ1n) is 7.81. The second kappa shape index (κ2) is 6.55. The maximum absolute atomic E-state index is 9.80. The SMILES string of the molecule is CC(C)[C@H]([C@@H](C#N)c1ccc2c(c1)OCO2)N1CCOCC1. The first-order chi connectivity index (χ1) is 10.7. The minimum Gasteiger partial charge on any atom is -0.454 e. The van der Waals surface area contributed by atoms with Crippen LogP contribution in [0.5, 0.6) is 11.5 Å². The van der Waals surface area contributed by atoms with Crippen molar-refractivity contribution in [1.29, 1.82) is 5.26 Å². The second-order valence-corrected chi connectivity index (χ2v) is 6.10. The average Bonchev–Trinajstić information content (AvgIpc) is 3.00. The summed E-state index contributed by atoms with van der Waals surface area (Å²) in [6.45, 7) is 7.85. The van der Waals surface area contributed by atoms with Crippen molar-refractivity contribution in [3.8, 4) is 17.6 Å². The van der Waals surface area contributed by atoms with Gasteiger partial charge in [-0.1, -0.05) is 19.9 Å². The van der Waals surface area contributed by atoms with Gasteiger partial charge in [-0.3, -0.25) is 4.90 Å².